The molecule has 0 radical (unpaired) electrons. The molecule has 0 aliphatic rings. The average molecular weight is 578 g/mol. The molecular weight excluding hydrogens is 542 g/mol. The van der Waals surface area contributed by atoms with E-state index in [9.17, 15) is 19.2 Å². The van der Waals surface area contributed by atoms with E-state index in [1.807, 2.05) is 12.1 Å². The average Bonchev–Trinajstić information content (AvgIpc) is 3.26. The number of rotatable bonds is 13. The van der Waals surface area contributed by atoms with Gasteiger partial charge in [-0.25, -0.2) is 14.6 Å². The number of aliphatic imine (C=N–C) groups is 1. The molecule has 1 aromatic carbocycles. The molecule has 0 saturated carbocycles. The molecule has 0 bridgehead atoms. The van der Waals surface area contributed by atoms with Crippen molar-refractivity contribution in [3.8, 4) is 0 Å². The summed E-state index contributed by atoms with van der Waals surface area (Å²) in [5.74, 6) is -0.401. The molecule has 1 aromatic heterocycles. The number of nitrogens with one attached hydrogen (secondary N) is 3. The SMILES string of the molecule is CC(=O)Nc1nc(CCc2ccc(NC=NC(=O)O)cc2)c(C(=O)NCCCCCC(=O)N(C)C)s1.NC(=O)O. The molecule has 0 fully saturated rings. The second-order valence-corrected chi connectivity index (χ2v) is 9.55. The van der Waals surface area contributed by atoms with Crippen molar-refractivity contribution in [1.29, 1.82) is 0 Å². The summed E-state index contributed by atoms with van der Waals surface area (Å²) < 4.78 is 0. The molecule has 218 valence electrons. The predicted molar refractivity (Wildman–Crippen MR) is 152 cm³/mol. The van der Waals surface area contributed by atoms with Gasteiger partial charge in [-0.2, -0.15) is 4.99 Å². The lowest BCUT2D eigenvalue weighted by atomic mass is 10.1. The number of hydrogen-bond donors (Lipinski definition) is 6. The Bertz CT molecular complexity index is 1180. The first kappa shape index (κ1) is 33.5. The fourth-order valence-corrected chi connectivity index (χ4v) is 4.15. The lowest BCUT2D eigenvalue weighted by Crippen LogP contribution is -2.25. The molecule has 0 saturated heterocycles. The van der Waals surface area contributed by atoms with Crippen LogP contribution in [0.25, 0.3) is 0 Å². The van der Waals surface area contributed by atoms with Crippen molar-refractivity contribution < 1.29 is 34.2 Å². The van der Waals surface area contributed by atoms with Crippen molar-refractivity contribution in [2.75, 3.05) is 31.3 Å². The minimum atomic E-state index is -1.33. The standard InChI is InChI=1S/C24H32N6O5S.CH3NO2/c1-16(31)28-23-29-19(13-10-17-8-11-18(12-9-17)26-15-27-24(34)35)21(36-23)22(33)25-14-6-4-5-7-20(32)30(2)3;2-1(3)4/h8-9,11-12,15H,4-7,10,13-14H2,1-3H3,(H,25,33)(H,26,27)(H,34,35)(H,28,29,31);2H2,(H,3,4). The second-order valence-electron chi connectivity index (χ2n) is 8.55. The predicted octanol–water partition coefficient (Wildman–Crippen LogP) is 3.01. The number of aromatic nitrogens is 1. The van der Waals surface area contributed by atoms with Crippen LogP contribution >= 0.6 is 11.3 Å². The first-order valence-electron chi connectivity index (χ1n) is 12.2. The molecule has 1 heterocycles. The highest BCUT2D eigenvalue weighted by molar-refractivity contribution is 7.17. The number of nitrogens with zero attached hydrogens (tertiary/aromatic N) is 3. The van der Waals surface area contributed by atoms with E-state index >= 15 is 0 Å². The third kappa shape index (κ3) is 14.4. The summed E-state index contributed by atoms with van der Waals surface area (Å²) in [5.41, 5.74) is 6.33. The molecule has 2 aromatic rings. The highest BCUT2D eigenvalue weighted by Crippen LogP contribution is 2.25. The number of thiazole rings is 1. The van der Waals surface area contributed by atoms with E-state index in [0.717, 1.165) is 42.5 Å². The van der Waals surface area contributed by atoms with Gasteiger partial charge in [0.05, 0.1) is 12.0 Å². The fraction of sp³-hybridized carbons (Fsp3) is 0.400. The van der Waals surface area contributed by atoms with E-state index in [-0.39, 0.29) is 17.7 Å². The molecule has 0 spiro atoms. The van der Waals surface area contributed by atoms with Crippen LogP contribution in [0.1, 0.15) is 53.5 Å². The third-order valence-electron chi connectivity index (χ3n) is 5.05. The van der Waals surface area contributed by atoms with E-state index in [1.165, 1.54) is 6.92 Å². The van der Waals surface area contributed by atoms with Crippen LogP contribution in [0.2, 0.25) is 0 Å². The van der Waals surface area contributed by atoms with E-state index in [1.54, 1.807) is 31.1 Å². The molecule has 0 unspecified atom stereocenters. The summed E-state index contributed by atoms with van der Waals surface area (Å²) in [5, 5.41) is 24.4. The van der Waals surface area contributed by atoms with Crippen molar-refractivity contribution >= 4 is 58.4 Å². The summed E-state index contributed by atoms with van der Waals surface area (Å²) in [6.07, 6.45) is 2.46. The van der Waals surface area contributed by atoms with Crippen LogP contribution in [0, 0.1) is 0 Å². The number of hydrogen-bond acceptors (Lipinski definition) is 7. The summed E-state index contributed by atoms with van der Waals surface area (Å²) in [6, 6.07) is 7.37. The van der Waals surface area contributed by atoms with Gasteiger partial charge in [0.25, 0.3) is 5.91 Å². The number of unbranched alkanes of at least 4 members (excludes halogenated alkanes) is 2. The number of benzene rings is 1. The van der Waals surface area contributed by atoms with E-state index < -0.39 is 12.2 Å². The van der Waals surface area contributed by atoms with Crippen LogP contribution in [0.15, 0.2) is 29.3 Å². The minimum absolute atomic E-state index is 0.0942. The molecule has 2 rings (SSSR count). The zero-order valence-corrected chi connectivity index (χ0v) is 23.4. The quantitative estimate of drug-likeness (QED) is 0.117. The van der Waals surface area contributed by atoms with Gasteiger partial charge in [-0.1, -0.05) is 29.9 Å². The van der Waals surface area contributed by atoms with Gasteiger partial charge in [-0.15, -0.1) is 0 Å². The number of primary amides is 1. The topological polar surface area (TPSA) is 216 Å². The Labute approximate surface area is 235 Å². The molecule has 40 heavy (non-hydrogen) atoms. The summed E-state index contributed by atoms with van der Waals surface area (Å²) in [7, 11) is 3.47. The maximum absolute atomic E-state index is 12.8. The van der Waals surface area contributed by atoms with Gasteiger partial charge in [0.15, 0.2) is 5.13 Å². The van der Waals surface area contributed by atoms with Gasteiger partial charge >= 0.3 is 12.2 Å². The van der Waals surface area contributed by atoms with Gasteiger partial charge in [-0.3, -0.25) is 14.4 Å². The lowest BCUT2D eigenvalue weighted by Gasteiger charge is -2.09. The van der Waals surface area contributed by atoms with Gasteiger partial charge in [0.2, 0.25) is 11.8 Å². The Morgan fingerprint density at radius 1 is 1.05 bits per heavy atom. The molecule has 5 amide bonds. The van der Waals surface area contributed by atoms with E-state index in [4.69, 9.17) is 15.0 Å². The van der Waals surface area contributed by atoms with Crippen LogP contribution in [0.4, 0.5) is 20.4 Å². The molecular formula is C25H35N7O7S. The molecule has 0 aliphatic heterocycles. The van der Waals surface area contributed by atoms with Crippen LogP contribution in [0.3, 0.4) is 0 Å². The maximum Gasteiger partial charge on any atom is 0.432 e. The zero-order chi connectivity index (χ0) is 30.1. The van der Waals surface area contributed by atoms with Crippen molar-refractivity contribution in [2.24, 2.45) is 10.7 Å². The number of amides is 5. The molecule has 7 N–H and O–H groups in total. The first-order valence-corrected chi connectivity index (χ1v) is 13.1. The molecule has 0 aliphatic carbocycles. The Hall–Kier alpha value is -4.53. The monoisotopic (exact) mass is 577 g/mol. The smallest absolute Gasteiger partial charge is 0.432 e. The fourth-order valence-electron chi connectivity index (χ4n) is 3.18. The van der Waals surface area contributed by atoms with Crippen molar-refractivity contribution in [2.45, 2.75) is 45.4 Å². The number of anilines is 2. The lowest BCUT2D eigenvalue weighted by molar-refractivity contribution is -0.128. The maximum atomic E-state index is 12.8. The molecule has 14 nitrogen and oxygen atoms in total. The number of nitrogens with two attached hydrogens (primary N) is 1. The zero-order valence-electron chi connectivity index (χ0n) is 22.6. The normalized spacial score (nSPS) is 10.3. The van der Waals surface area contributed by atoms with Crippen LogP contribution < -0.4 is 21.7 Å². The Morgan fingerprint density at radius 2 is 1.70 bits per heavy atom. The highest BCUT2D eigenvalue weighted by atomic mass is 32.1. The van der Waals surface area contributed by atoms with Gasteiger partial charge in [0, 0.05) is 39.7 Å². The largest absolute Gasteiger partial charge is 0.465 e. The summed E-state index contributed by atoms with van der Waals surface area (Å²) in [4.78, 5) is 64.8. The molecule has 15 heteroatoms. The van der Waals surface area contributed by atoms with Gasteiger partial charge in [-0.05, 0) is 43.4 Å². The number of carbonyl (C=O) groups excluding carboxylic acids is 3. The van der Waals surface area contributed by atoms with E-state index in [0.29, 0.717) is 47.2 Å². The van der Waals surface area contributed by atoms with Crippen LogP contribution in [-0.4, -0.2) is 77.0 Å². The van der Waals surface area contributed by atoms with Gasteiger partial charge in [0.1, 0.15) is 4.88 Å². The Balaban J connectivity index is 0.00000187. The molecule has 0 atom stereocenters. The van der Waals surface area contributed by atoms with E-state index in [2.05, 4.69) is 31.7 Å². The van der Waals surface area contributed by atoms with Crippen molar-refractivity contribution in [1.82, 2.24) is 15.2 Å². The number of aryl methyl sites for hydroxylation is 2. The highest BCUT2D eigenvalue weighted by Gasteiger charge is 2.18. The Kier molecular flexibility index (Phi) is 15.0. The van der Waals surface area contributed by atoms with Crippen molar-refractivity contribution in [3.63, 3.8) is 0 Å². The summed E-state index contributed by atoms with van der Waals surface area (Å²) in [6.45, 7) is 1.88. The second kappa shape index (κ2) is 17.9. The Morgan fingerprint density at radius 3 is 2.27 bits per heavy atom. The van der Waals surface area contributed by atoms with Gasteiger partial charge < -0.3 is 36.8 Å². The number of carbonyl (C=O) groups is 5. The van der Waals surface area contributed by atoms with Crippen LogP contribution in [-0.2, 0) is 22.4 Å². The van der Waals surface area contributed by atoms with Crippen molar-refractivity contribution in [3.05, 3.63) is 40.4 Å². The first-order chi connectivity index (χ1) is 18.9. The number of carboxylic acid groups (broad SMARTS) is 2. The summed E-state index contributed by atoms with van der Waals surface area (Å²) >= 11 is 1.14. The minimum Gasteiger partial charge on any atom is -0.465 e. The third-order valence-corrected chi connectivity index (χ3v) is 6.06. The van der Waals surface area contributed by atoms with Crippen LogP contribution in [0.5, 0.6) is 0 Å².